The maximum atomic E-state index is 12.1. The van der Waals surface area contributed by atoms with Crippen LogP contribution in [0, 0.1) is 0 Å². The van der Waals surface area contributed by atoms with Gasteiger partial charge in [-0.3, -0.25) is 4.79 Å². The summed E-state index contributed by atoms with van der Waals surface area (Å²) in [6, 6.07) is 5.87. The number of carbonyl (C=O) groups excluding carboxylic acids is 1. The van der Waals surface area contributed by atoms with Gasteiger partial charge in [0.2, 0.25) is 0 Å². The summed E-state index contributed by atoms with van der Waals surface area (Å²) < 4.78 is 5.65. The van der Waals surface area contributed by atoms with E-state index in [-0.39, 0.29) is 5.91 Å². The molecular formula is C14H17ClN2O2. The fourth-order valence-electron chi connectivity index (χ4n) is 2.63. The Labute approximate surface area is 117 Å². The molecule has 0 spiro atoms. The zero-order valence-corrected chi connectivity index (χ0v) is 11.4. The highest BCUT2D eigenvalue weighted by atomic mass is 35.5. The molecule has 0 saturated carbocycles. The molecule has 2 aliphatic rings. The van der Waals surface area contributed by atoms with Crippen LogP contribution < -0.4 is 15.4 Å². The normalized spacial score (nSPS) is 24.9. The minimum Gasteiger partial charge on any atom is -0.480 e. The van der Waals surface area contributed by atoms with Crippen LogP contribution in [0.1, 0.15) is 18.4 Å². The van der Waals surface area contributed by atoms with Crippen LogP contribution >= 0.6 is 11.6 Å². The highest BCUT2D eigenvalue weighted by molar-refractivity contribution is 6.30. The van der Waals surface area contributed by atoms with Crippen molar-refractivity contribution in [3.05, 3.63) is 28.8 Å². The van der Waals surface area contributed by atoms with E-state index in [0.717, 1.165) is 24.3 Å². The van der Waals surface area contributed by atoms with E-state index in [9.17, 15) is 4.79 Å². The number of rotatable bonds is 3. The third-order valence-corrected chi connectivity index (χ3v) is 3.91. The van der Waals surface area contributed by atoms with E-state index in [1.807, 2.05) is 12.1 Å². The van der Waals surface area contributed by atoms with Gasteiger partial charge in [-0.25, -0.2) is 0 Å². The highest BCUT2D eigenvalue weighted by Gasteiger charge is 2.29. The van der Waals surface area contributed by atoms with Gasteiger partial charge >= 0.3 is 0 Å². The molecule has 0 radical (unpaired) electrons. The van der Waals surface area contributed by atoms with Crippen LogP contribution in [-0.4, -0.2) is 31.1 Å². The topological polar surface area (TPSA) is 50.4 Å². The first-order valence-corrected chi connectivity index (χ1v) is 7.06. The fraction of sp³-hybridized carbons (Fsp3) is 0.500. The summed E-state index contributed by atoms with van der Waals surface area (Å²) in [6.45, 7) is 1.72. The van der Waals surface area contributed by atoms with Gasteiger partial charge in [0.1, 0.15) is 5.75 Å². The first-order valence-electron chi connectivity index (χ1n) is 6.68. The Balaban J connectivity index is 1.55. The van der Waals surface area contributed by atoms with Gasteiger partial charge in [-0.05, 0) is 43.1 Å². The summed E-state index contributed by atoms with van der Waals surface area (Å²) in [6.07, 6.45) is 2.49. The Morgan fingerprint density at radius 2 is 2.42 bits per heavy atom. The van der Waals surface area contributed by atoms with Gasteiger partial charge in [-0.2, -0.15) is 0 Å². The van der Waals surface area contributed by atoms with Crippen molar-refractivity contribution in [1.29, 1.82) is 0 Å². The largest absolute Gasteiger partial charge is 0.480 e. The van der Waals surface area contributed by atoms with Crippen molar-refractivity contribution in [3.8, 4) is 5.75 Å². The number of nitrogens with one attached hydrogen (secondary N) is 2. The van der Waals surface area contributed by atoms with Crippen LogP contribution in [0.15, 0.2) is 18.2 Å². The second kappa shape index (κ2) is 5.39. The van der Waals surface area contributed by atoms with Crippen LogP contribution in [0.4, 0.5) is 0 Å². The molecule has 4 nitrogen and oxygen atoms in total. The average molecular weight is 281 g/mol. The SMILES string of the molecule is O=C(NCC1CCCN1)C1Cc2cc(Cl)ccc2O1. The Bertz CT molecular complexity index is 486. The van der Waals surface area contributed by atoms with Crippen molar-refractivity contribution in [3.63, 3.8) is 0 Å². The average Bonchev–Trinajstić information content (AvgIpc) is 3.04. The maximum absolute atomic E-state index is 12.1. The lowest BCUT2D eigenvalue weighted by atomic mass is 10.1. The predicted octanol–water partition coefficient (Wildman–Crippen LogP) is 1.51. The molecule has 0 bridgehead atoms. The zero-order chi connectivity index (χ0) is 13.2. The molecule has 3 rings (SSSR count). The first-order chi connectivity index (χ1) is 9.22. The Morgan fingerprint density at radius 1 is 1.53 bits per heavy atom. The van der Waals surface area contributed by atoms with Crippen LogP contribution in [-0.2, 0) is 11.2 Å². The Kier molecular flexibility index (Phi) is 3.62. The molecule has 1 saturated heterocycles. The van der Waals surface area contributed by atoms with Crippen LogP contribution in [0.2, 0.25) is 5.02 Å². The van der Waals surface area contributed by atoms with E-state index in [4.69, 9.17) is 16.3 Å². The lowest BCUT2D eigenvalue weighted by molar-refractivity contribution is -0.127. The molecule has 2 heterocycles. The number of hydrogen-bond donors (Lipinski definition) is 2. The van der Waals surface area contributed by atoms with Gasteiger partial charge in [0.25, 0.3) is 5.91 Å². The standard InChI is InChI=1S/C14H17ClN2O2/c15-10-3-4-12-9(6-10)7-13(19-12)14(18)17-8-11-2-1-5-16-11/h3-4,6,11,13,16H,1-2,5,7-8H2,(H,17,18). The number of benzene rings is 1. The first kappa shape index (κ1) is 12.8. The number of hydrogen-bond acceptors (Lipinski definition) is 3. The molecule has 102 valence electrons. The fourth-order valence-corrected chi connectivity index (χ4v) is 2.83. The lowest BCUT2D eigenvalue weighted by Crippen LogP contribution is -2.43. The molecule has 1 fully saturated rings. The summed E-state index contributed by atoms with van der Waals surface area (Å²) in [5.41, 5.74) is 1.01. The summed E-state index contributed by atoms with van der Waals surface area (Å²) in [5.74, 6) is 0.726. The third kappa shape index (κ3) is 2.85. The van der Waals surface area contributed by atoms with Crippen LogP contribution in [0.25, 0.3) is 0 Å². The molecule has 5 heteroatoms. The van der Waals surface area contributed by atoms with Crippen molar-refractivity contribution < 1.29 is 9.53 Å². The maximum Gasteiger partial charge on any atom is 0.261 e. The molecule has 2 N–H and O–H groups in total. The zero-order valence-electron chi connectivity index (χ0n) is 10.6. The molecule has 0 aromatic heterocycles. The monoisotopic (exact) mass is 280 g/mol. The van der Waals surface area contributed by atoms with E-state index in [1.54, 1.807) is 6.07 Å². The molecular weight excluding hydrogens is 264 g/mol. The number of amides is 1. The van der Waals surface area contributed by atoms with E-state index in [1.165, 1.54) is 6.42 Å². The highest BCUT2D eigenvalue weighted by Crippen LogP contribution is 2.31. The van der Waals surface area contributed by atoms with E-state index >= 15 is 0 Å². The summed E-state index contributed by atoms with van der Waals surface area (Å²) in [7, 11) is 0. The molecule has 2 unspecified atom stereocenters. The summed E-state index contributed by atoms with van der Waals surface area (Å²) >= 11 is 5.93. The second-order valence-corrected chi connectivity index (χ2v) is 5.54. The number of carbonyl (C=O) groups is 1. The van der Waals surface area contributed by atoms with Gasteiger partial charge in [-0.1, -0.05) is 11.6 Å². The van der Waals surface area contributed by atoms with Gasteiger partial charge < -0.3 is 15.4 Å². The molecule has 2 atom stereocenters. The smallest absolute Gasteiger partial charge is 0.261 e. The molecule has 1 aromatic rings. The van der Waals surface area contributed by atoms with Crippen LogP contribution in [0.5, 0.6) is 5.75 Å². The van der Waals surface area contributed by atoms with E-state index in [0.29, 0.717) is 24.0 Å². The molecule has 1 aromatic carbocycles. The second-order valence-electron chi connectivity index (χ2n) is 5.10. The number of fused-ring (bicyclic) bond motifs is 1. The van der Waals surface area contributed by atoms with Gasteiger partial charge in [0.05, 0.1) is 0 Å². The number of halogens is 1. The molecule has 1 amide bonds. The van der Waals surface area contributed by atoms with Crippen molar-refractivity contribution in [2.45, 2.75) is 31.4 Å². The van der Waals surface area contributed by atoms with Crippen molar-refractivity contribution in [1.82, 2.24) is 10.6 Å². The van der Waals surface area contributed by atoms with Gasteiger partial charge in [-0.15, -0.1) is 0 Å². The van der Waals surface area contributed by atoms with Crippen molar-refractivity contribution in [2.24, 2.45) is 0 Å². The minimum absolute atomic E-state index is 0.0407. The number of ether oxygens (including phenoxy) is 1. The summed E-state index contributed by atoms with van der Waals surface area (Å²) in [4.78, 5) is 12.1. The van der Waals surface area contributed by atoms with Gasteiger partial charge in [0, 0.05) is 24.0 Å². The minimum atomic E-state index is -0.421. The quantitative estimate of drug-likeness (QED) is 0.882. The third-order valence-electron chi connectivity index (χ3n) is 3.67. The summed E-state index contributed by atoms with van der Waals surface area (Å²) in [5, 5.41) is 6.99. The molecule has 19 heavy (non-hydrogen) atoms. The van der Waals surface area contributed by atoms with Gasteiger partial charge in [0.15, 0.2) is 6.10 Å². The Hall–Kier alpha value is -1.26. The van der Waals surface area contributed by atoms with E-state index in [2.05, 4.69) is 10.6 Å². The Morgan fingerprint density at radius 3 is 3.21 bits per heavy atom. The molecule has 2 aliphatic heterocycles. The van der Waals surface area contributed by atoms with E-state index < -0.39 is 6.10 Å². The van der Waals surface area contributed by atoms with Crippen molar-refractivity contribution >= 4 is 17.5 Å². The van der Waals surface area contributed by atoms with Crippen molar-refractivity contribution in [2.75, 3.05) is 13.1 Å². The van der Waals surface area contributed by atoms with Crippen LogP contribution in [0.3, 0.4) is 0 Å². The molecule has 0 aliphatic carbocycles. The lowest BCUT2D eigenvalue weighted by Gasteiger charge is -2.14. The predicted molar refractivity (Wildman–Crippen MR) is 73.6 cm³/mol.